The average Bonchev–Trinajstić information content (AvgIpc) is 2.89. The van der Waals surface area contributed by atoms with Crippen molar-refractivity contribution in [3.63, 3.8) is 0 Å². The topological polar surface area (TPSA) is 110 Å². The van der Waals surface area contributed by atoms with E-state index in [1.165, 1.54) is 43.5 Å². The van der Waals surface area contributed by atoms with Gasteiger partial charge in [0.25, 0.3) is 5.91 Å². The molecule has 1 heterocycles. The van der Waals surface area contributed by atoms with Gasteiger partial charge < -0.3 is 9.64 Å². The number of carbonyl (C=O) groups excluding carboxylic acids is 1. The van der Waals surface area contributed by atoms with E-state index in [0.29, 0.717) is 37.2 Å². The van der Waals surface area contributed by atoms with E-state index in [-0.39, 0.29) is 26.6 Å². The molecule has 0 aromatic heterocycles. The zero-order valence-electron chi connectivity index (χ0n) is 19.1. The number of nitrogens with one attached hydrogen (secondary N) is 1. The van der Waals surface area contributed by atoms with Crippen molar-refractivity contribution >= 4 is 25.8 Å². The zero-order chi connectivity index (χ0) is 25.1. The zero-order valence-corrected chi connectivity index (χ0v) is 20.8. The summed E-state index contributed by atoms with van der Waals surface area (Å²) in [6.07, 6.45) is 0.865. The van der Waals surface area contributed by atoms with E-state index in [2.05, 4.69) is 4.72 Å². The van der Waals surface area contributed by atoms with Gasteiger partial charge in [0.2, 0.25) is 19.9 Å². The quantitative estimate of drug-likeness (QED) is 0.519. The molecule has 1 aliphatic heterocycles. The van der Waals surface area contributed by atoms with Crippen LogP contribution in [0.5, 0.6) is 5.75 Å². The van der Waals surface area contributed by atoms with Crippen LogP contribution in [-0.2, 0) is 19.9 Å². The normalized spacial score (nSPS) is 15.1. The van der Waals surface area contributed by atoms with E-state index in [1.54, 1.807) is 47.4 Å². The number of sulfonamides is 1. The first kappa shape index (κ1) is 24.9. The Kier molecular flexibility index (Phi) is 7.25. The highest BCUT2D eigenvalue weighted by molar-refractivity contribution is 7.91. The number of carbonyl (C=O) groups is 1. The van der Waals surface area contributed by atoms with Gasteiger partial charge in [0.05, 0.1) is 27.4 Å². The monoisotopic (exact) mass is 514 g/mol. The Morgan fingerprint density at radius 1 is 0.829 bits per heavy atom. The van der Waals surface area contributed by atoms with Gasteiger partial charge in [-0.05, 0) is 55.3 Å². The highest BCUT2D eigenvalue weighted by atomic mass is 32.2. The molecule has 0 bridgehead atoms. The van der Waals surface area contributed by atoms with E-state index in [0.717, 1.165) is 0 Å². The fourth-order valence-corrected chi connectivity index (χ4v) is 6.78. The van der Waals surface area contributed by atoms with Crippen molar-refractivity contribution < 1.29 is 26.4 Å². The van der Waals surface area contributed by atoms with Gasteiger partial charge in [-0.2, -0.15) is 0 Å². The number of rotatable bonds is 7. The standard InChI is InChI=1S/C25H26N2O6S2/c1-33-24-13-6-5-12-23(24)25(28)27-16-14-19(15-17-27)26-35(31,32)22-11-7-10-21(18-22)34(29,30)20-8-3-2-4-9-20/h2-13,18-19,26H,14-17H2,1H3. The highest BCUT2D eigenvalue weighted by Gasteiger charge is 2.29. The largest absolute Gasteiger partial charge is 0.496 e. The van der Waals surface area contributed by atoms with Gasteiger partial charge in [-0.25, -0.2) is 21.6 Å². The lowest BCUT2D eigenvalue weighted by Gasteiger charge is -2.32. The van der Waals surface area contributed by atoms with Crippen LogP contribution >= 0.6 is 0 Å². The van der Waals surface area contributed by atoms with Crippen molar-refractivity contribution in [3.8, 4) is 5.75 Å². The summed E-state index contributed by atoms with van der Waals surface area (Å²) in [5.74, 6) is 0.327. The first-order valence-electron chi connectivity index (χ1n) is 11.1. The summed E-state index contributed by atoms with van der Waals surface area (Å²) in [6.45, 7) is 0.763. The third kappa shape index (κ3) is 5.39. The Bertz CT molecular complexity index is 1420. The second kappa shape index (κ2) is 10.2. The summed E-state index contributed by atoms with van der Waals surface area (Å²) in [6, 6.07) is 19.8. The first-order valence-corrected chi connectivity index (χ1v) is 14.0. The lowest BCUT2D eigenvalue weighted by atomic mass is 10.0. The number of hydrogen-bond donors (Lipinski definition) is 1. The number of ether oxygens (including phenoxy) is 1. The second-order valence-corrected chi connectivity index (χ2v) is 11.8. The smallest absolute Gasteiger partial charge is 0.257 e. The van der Waals surface area contributed by atoms with Crippen LogP contribution in [0.4, 0.5) is 0 Å². The fourth-order valence-electron chi connectivity index (χ4n) is 4.02. The van der Waals surface area contributed by atoms with Crippen molar-refractivity contribution in [1.82, 2.24) is 9.62 Å². The molecular weight excluding hydrogens is 488 g/mol. The maximum absolute atomic E-state index is 13.0. The van der Waals surface area contributed by atoms with E-state index in [9.17, 15) is 21.6 Å². The molecule has 8 nitrogen and oxygen atoms in total. The van der Waals surface area contributed by atoms with Crippen molar-refractivity contribution in [2.75, 3.05) is 20.2 Å². The van der Waals surface area contributed by atoms with Crippen molar-refractivity contribution in [2.45, 2.75) is 33.6 Å². The van der Waals surface area contributed by atoms with Crippen LogP contribution in [0.15, 0.2) is 93.5 Å². The Balaban J connectivity index is 1.45. The van der Waals surface area contributed by atoms with Gasteiger partial charge in [0.1, 0.15) is 5.75 Å². The molecule has 0 unspecified atom stereocenters. The minimum Gasteiger partial charge on any atom is -0.496 e. The molecule has 1 fully saturated rings. The van der Waals surface area contributed by atoms with E-state index < -0.39 is 19.9 Å². The van der Waals surface area contributed by atoms with Crippen LogP contribution in [0.1, 0.15) is 23.2 Å². The third-order valence-corrected chi connectivity index (χ3v) is 9.21. The fraction of sp³-hybridized carbons (Fsp3) is 0.240. The van der Waals surface area contributed by atoms with Crippen molar-refractivity contribution in [2.24, 2.45) is 0 Å². The van der Waals surface area contributed by atoms with Gasteiger partial charge in [-0.1, -0.05) is 36.4 Å². The number of para-hydroxylation sites is 1. The summed E-state index contributed by atoms with van der Waals surface area (Å²) >= 11 is 0. The summed E-state index contributed by atoms with van der Waals surface area (Å²) in [5, 5.41) is 0. The molecule has 1 amide bonds. The molecule has 0 aliphatic carbocycles. The van der Waals surface area contributed by atoms with Crippen LogP contribution in [0, 0.1) is 0 Å². The summed E-state index contributed by atoms with van der Waals surface area (Å²) in [7, 11) is -6.31. The maximum atomic E-state index is 13.0. The van der Waals surface area contributed by atoms with Crippen LogP contribution in [-0.4, -0.2) is 53.9 Å². The van der Waals surface area contributed by atoms with Gasteiger partial charge >= 0.3 is 0 Å². The number of piperidine rings is 1. The number of sulfone groups is 1. The van der Waals surface area contributed by atoms with Gasteiger partial charge in [-0.15, -0.1) is 0 Å². The SMILES string of the molecule is COc1ccccc1C(=O)N1CCC(NS(=O)(=O)c2cccc(S(=O)(=O)c3ccccc3)c2)CC1. The molecule has 1 saturated heterocycles. The van der Waals surface area contributed by atoms with Crippen LogP contribution < -0.4 is 9.46 Å². The number of methoxy groups -OCH3 is 1. The molecule has 10 heteroatoms. The molecule has 4 rings (SSSR count). The van der Waals surface area contributed by atoms with Crippen molar-refractivity contribution in [1.29, 1.82) is 0 Å². The predicted molar refractivity (Wildman–Crippen MR) is 131 cm³/mol. The summed E-state index contributed by atoms with van der Waals surface area (Å²) in [4.78, 5) is 14.4. The molecule has 1 N–H and O–H groups in total. The van der Waals surface area contributed by atoms with E-state index in [4.69, 9.17) is 4.74 Å². The average molecular weight is 515 g/mol. The Labute approximate surface area is 205 Å². The third-order valence-electron chi connectivity index (χ3n) is 5.92. The highest BCUT2D eigenvalue weighted by Crippen LogP contribution is 2.25. The lowest BCUT2D eigenvalue weighted by molar-refractivity contribution is 0.0708. The minimum atomic E-state index is -3.96. The summed E-state index contributed by atoms with van der Waals surface area (Å²) < 4.78 is 59.8. The molecule has 35 heavy (non-hydrogen) atoms. The second-order valence-electron chi connectivity index (χ2n) is 8.18. The molecule has 184 valence electrons. The Hall–Kier alpha value is -3.21. The molecule has 3 aromatic carbocycles. The molecular formula is C25H26N2O6S2. The van der Waals surface area contributed by atoms with Crippen LogP contribution in [0.3, 0.4) is 0 Å². The maximum Gasteiger partial charge on any atom is 0.257 e. The van der Waals surface area contributed by atoms with Gasteiger partial charge in [0.15, 0.2) is 0 Å². The Morgan fingerprint density at radius 2 is 1.43 bits per heavy atom. The van der Waals surface area contributed by atoms with Crippen LogP contribution in [0.25, 0.3) is 0 Å². The summed E-state index contributed by atoms with van der Waals surface area (Å²) in [5.41, 5.74) is 0.463. The number of amides is 1. The first-order chi connectivity index (χ1) is 16.7. The van der Waals surface area contributed by atoms with Crippen LogP contribution in [0.2, 0.25) is 0 Å². The molecule has 0 atom stereocenters. The van der Waals surface area contributed by atoms with Gasteiger partial charge in [0, 0.05) is 19.1 Å². The molecule has 0 radical (unpaired) electrons. The van der Waals surface area contributed by atoms with Gasteiger partial charge in [-0.3, -0.25) is 4.79 Å². The Morgan fingerprint density at radius 3 is 2.11 bits per heavy atom. The molecule has 1 aliphatic rings. The molecule has 0 spiro atoms. The number of nitrogens with zero attached hydrogens (tertiary/aromatic N) is 1. The molecule has 3 aromatic rings. The molecule has 0 saturated carbocycles. The number of hydrogen-bond acceptors (Lipinski definition) is 6. The number of benzene rings is 3. The van der Waals surface area contributed by atoms with E-state index >= 15 is 0 Å². The predicted octanol–water partition coefficient (Wildman–Crippen LogP) is 3.11. The van der Waals surface area contributed by atoms with E-state index in [1.807, 2.05) is 0 Å². The lowest BCUT2D eigenvalue weighted by Crippen LogP contribution is -2.46. The minimum absolute atomic E-state index is 0.0922. The van der Waals surface area contributed by atoms with Crippen molar-refractivity contribution in [3.05, 3.63) is 84.4 Å². The number of likely N-dealkylation sites (tertiary alicyclic amines) is 1.